The second kappa shape index (κ2) is 8.59. The van der Waals surface area contributed by atoms with Crippen molar-refractivity contribution >= 4 is 33.9 Å². The highest BCUT2D eigenvalue weighted by atomic mass is 32.1. The van der Waals surface area contributed by atoms with Crippen molar-refractivity contribution in [3.63, 3.8) is 0 Å². The maximum atomic E-state index is 13.2. The fraction of sp³-hybridized carbons (Fsp3) is 0.208. The standard InChI is InChI=1S/C24H20N2O6S/c1-2-30-16-5-3-4-14(12-16)20-19(22(28)23(29)26(20)24-25-8-11-33-24)21(27)15-6-7-17-18(13-15)32-10-9-31-17/h3-8,11-13,20,27H,2,9-10H2,1H3/b21-19+. The molecule has 5 rings (SSSR count). The molecule has 0 spiro atoms. The molecule has 1 aromatic heterocycles. The largest absolute Gasteiger partial charge is 0.507 e. The Kier molecular flexibility index (Phi) is 5.47. The van der Waals surface area contributed by atoms with Crippen molar-refractivity contribution in [1.82, 2.24) is 4.98 Å². The predicted molar refractivity (Wildman–Crippen MR) is 122 cm³/mol. The van der Waals surface area contributed by atoms with Crippen LogP contribution in [0.1, 0.15) is 24.1 Å². The van der Waals surface area contributed by atoms with Crippen LogP contribution in [-0.4, -0.2) is 41.6 Å². The van der Waals surface area contributed by atoms with Gasteiger partial charge in [-0.15, -0.1) is 11.3 Å². The first-order chi connectivity index (χ1) is 16.1. The van der Waals surface area contributed by atoms with Crippen LogP contribution < -0.4 is 19.1 Å². The zero-order valence-corrected chi connectivity index (χ0v) is 18.5. The van der Waals surface area contributed by atoms with Crippen LogP contribution in [0, 0.1) is 0 Å². The summed E-state index contributed by atoms with van der Waals surface area (Å²) in [6, 6.07) is 11.2. The summed E-state index contributed by atoms with van der Waals surface area (Å²) in [6.07, 6.45) is 1.56. The molecule has 1 fully saturated rings. The number of aliphatic hydroxyl groups excluding tert-OH is 1. The molecule has 3 heterocycles. The number of ketones is 1. The summed E-state index contributed by atoms with van der Waals surface area (Å²) >= 11 is 1.24. The number of ether oxygens (including phenoxy) is 3. The van der Waals surface area contributed by atoms with Crippen molar-refractivity contribution in [3.05, 3.63) is 70.7 Å². The van der Waals surface area contributed by atoms with E-state index in [0.29, 0.717) is 53.3 Å². The van der Waals surface area contributed by atoms with E-state index in [1.807, 2.05) is 6.92 Å². The Balaban J connectivity index is 1.68. The molecule has 33 heavy (non-hydrogen) atoms. The van der Waals surface area contributed by atoms with Crippen molar-refractivity contribution in [2.24, 2.45) is 0 Å². The SMILES string of the molecule is CCOc1cccc(C2/C(=C(\O)c3ccc4c(c3)OCCO4)C(=O)C(=O)N2c2nccs2)c1. The second-order valence-corrected chi connectivity index (χ2v) is 8.22. The molecule has 0 radical (unpaired) electrons. The molecule has 2 aliphatic rings. The van der Waals surface area contributed by atoms with Gasteiger partial charge in [0.1, 0.15) is 24.7 Å². The molecule has 0 bridgehead atoms. The first-order valence-electron chi connectivity index (χ1n) is 10.4. The molecule has 1 atom stereocenters. The third-order valence-corrected chi connectivity index (χ3v) is 6.14. The van der Waals surface area contributed by atoms with Crippen LogP contribution in [0.5, 0.6) is 17.2 Å². The molecule has 3 aromatic rings. The van der Waals surface area contributed by atoms with Gasteiger partial charge in [0.05, 0.1) is 18.2 Å². The third kappa shape index (κ3) is 3.70. The second-order valence-electron chi connectivity index (χ2n) is 7.35. The van der Waals surface area contributed by atoms with Gasteiger partial charge in [-0.05, 0) is 42.8 Å². The van der Waals surface area contributed by atoms with Crippen molar-refractivity contribution in [3.8, 4) is 17.2 Å². The molecule has 2 aromatic carbocycles. The fourth-order valence-corrected chi connectivity index (χ4v) is 4.63. The number of Topliss-reactive ketones (excluding diaryl/α,β-unsaturated/α-hetero) is 1. The van der Waals surface area contributed by atoms with Crippen LogP contribution in [0.15, 0.2) is 59.6 Å². The normalized spacial score (nSPS) is 19.1. The van der Waals surface area contributed by atoms with Crippen LogP contribution in [0.25, 0.3) is 5.76 Å². The van der Waals surface area contributed by atoms with Gasteiger partial charge in [-0.2, -0.15) is 0 Å². The number of thiazole rings is 1. The number of rotatable bonds is 5. The Hall–Kier alpha value is -3.85. The summed E-state index contributed by atoms with van der Waals surface area (Å²) in [7, 11) is 0. The number of nitrogens with zero attached hydrogens (tertiary/aromatic N) is 2. The third-order valence-electron chi connectivity index (χ3n) is 5.37. The first kappa shape index (κ1) is 21.0. The predicted octanol–water partition coefficient (Wildman–Crippen LogP) is 3.94. The van der Waals surface area contributed by atoms with Gasteiger partial charge in [0.15, 0.2) is 16.6 Å². The monoisotopic (exact) mass is 464 g/mol. The summed E-state index contributed by atoms with van der Waals surface area (Å²) in [4.78, 5) is 31.9. The average Bonchev–Trinajstić information content (AvgIpc) is 3.45. The van der Waals surface area contributed by atoms with Crippen molar-refractivity contribution in [2.75, 3.05) is 24.7 Å². The van der Waals surface area contributed by atoms with Gasteiger partial charge in [-0.25, -0.2) is 4.98 Å². The lowest BCUT2D eigenvalue weighted by atomic mass is 9.95. The maximum absolute atomic E-state index is 13.2. The summed E-state index contributed by atoms with van der Waals surface area (Å²) in [5, 5.41) is 13.4. The maximum Gasteiger partial charge on any atom is 0.301 e. The number of aromatic nitrogens is 1. The number of aliphatic hydroxyl groups is 1. The summed E-state index contributed by atoms with van der Waals surface area (Å²) in [5.41, 5.74) is 0.942. The van der Waals surface area contributed by atoms with Gasteiger partial charge >= 0.3 is 5.91 Å². The van der Waals surface area contributed by atoms with Crippen LogP contribution >= 0.6 is 11.3 Å². The van der Waals surface area contributed by atoms with E-state index in [2.05, 4.69) is 4.98 Å². The molecule has 1 saturated heterocycles. The average molecular weight is 464 g/mol. The van der Waals surface area contributed by atoms with Crippen LogP contribution in [0.4, 0.5) is 5.13 Å². The number of hydrogen-bond donors (Lipinski definition) is 1. The summed E-state index contributed by atoms with van der Waals surface area (Å²) in [6.45, 7) is 3.16. The van der Waals surface area contributed by atoms with E-state index in [1.54, 1.807) is 54.0 Å². The smallest absolute Gasteiger partial charge is 0.301 e. The lowest BCUT2D eigenvalue weighted by Gasteiger charge is -2.23. The fourth-order valence-electron chi connectivity index (χ4n) is 3.97. The molecule has 2 aliphatic heterocycles. The van der Waals surface area contributed by atoms with E-state index in [-0.39, 0.29) is 11.3 Å². The van der Waals surface area contributed by atoms with Crippen LogP contribution in [-0.2, 0) is 9.59 Å². The number of amides is 1. The number of carbonyl (C=O) groups excluding carboxylic acids is 2. The summed E-state index contributed by atoms with van der Waals surface area (Å²) < 4.78 is 16.8. The molecule has 0 saturated carbocycles. The molecule has 0 aliphatic carbocycles. The van der Waals surface area contributed by atoms with Crippen molar-refractivity contribution in [2.45, 2.75) is 13.0 Å². The minimum absolute atomic E-state index is 0.0273. The van der Waals surface area contributed by atoms with Crippen LogP contribution in [0.2, 0.25) is 0 Å². The Morgan fingerprint density at radius 1 is 1.18 bits per heavy atom. The quantitative estimate of drug-likeness (QED) is 0.347. The lowest BCUT2D eigenvalue weighted by molar-refractivity contribution is -0.132. The Bertz CT molecular complexity index is 1250. The van der Waals surface area contributed by atoms with Crippen LogP contribution in [0.3, 0.4) is 0 Å². The molecular weight excluding hydrogens is 444 g/mol. The number of carbonyl (C=O) groups is 2. The molecule has 1 N–H and O–H groups in total. The van der Waals surface area contributed by atoms with Gasteiger partial charge in [-0.1, -0.05) is 12.1 Å². The van der Waals surface area contributed by atoms with E-state index in [4.69, 9.17) is 14.2 Å². The van der Waals surface area contributed by atoms with E-state index >= 15 is 0 Å². The Morgan fingerprint density at radius 3 is 2.76 bits per heavy atom. The Labute approximate surface area is 193 Å². The van der Waals surface area contributed by atoms with Gasteiger partial charge in [0.25, 0.3) is 5.78 Å². The number of anilines is 1. The van der Waals surface area contributed by atoms with Gasteiger partial charge in [0.2, 0.25) is 0 Å². The molecule has 8 nitrogen and oxygen atoms in total. The molecular formula is C24H20N2O6S. The highest BCUT2D eigenvalue weighted by molar-refractivity contribution is 7.14. The first-order valence-corrected chi connectivity index (χ1v) is 11.3. The molecule has 9 heteroatoms. The van der Waals surface area contributed by atoms with Gasteiger partial charge in [-0.3, -0.25) is 14.5 Å². The zero-order valence-electron chi connectivity index (χ0n) is 17.7. The lowest BCUT2D eigenvalue weighted by Crippen LogP contribution is -2.29. The van der Waals surface area contributed by atoms with E-state index in [0.717, 1.165) is 0 Å². The minimum Gasteiger partial charge on any atom is -0.507 e. The molecule has 168 valence electrons. The van der Waals surface area contributed by atoms with Crippen molar-refractivity contribution in [1.29, 1.82) is 0 Å². The van der Waals surface area contributed by atoms with Gasteiger partial charge in [0, 0.05) is 17.1 Å². The zero-order chi connectivity index (χ0) is 22.9. The number of fused-ring (bicyclic) bond motifs is 1. The Morgan fingerprint density at radius 2 is 2.00 bits per heavy atom. The van der Waals surface area contributed by atoms with Gasteiger partial charge < -0.3 is 19.3 Å². The van der Waals surface area contributed by atoms with E-state index in [1.165, 1.54) is 16.2 Å². The number of benzene rings is 2. The topological polar surface area (TPSA) is 98.2 Å². The highest BCUT2D eigenvalue weighted by Gasteiger charge is 2.48. The minimum atomic E-state index is -0.871. The van der Waals surface area contributed by atoms with Crippen molar-refractivity contribution < 1.29 is 28.9 Å². The van der Waals surface area contributed by atoms with E-state index < -0.39 is 17.7 Å². The number of hydrogen-bond acceptors (Lipinski definition) is 8. The van der Waals surface area contributed by atoms with E-state index in [9.17, 15) is 14.7 Å². The highest BCUT2D eigenvalue weighted by Crippen LogP contribution is 2.44. The summed E-state index contributed by atoms with van der Waals surface area (Å²) in [5.74, 6) is -0.216. The molecule has 1 unspecified atom stereocenters. The molecule has 1 amide bonds.